The van der Waals surface area contributed by atoms with Crippen molar-refractivity contribution in [3.8, 4) is 5.75 Å². The first kappa shape index (κ1) is 73.5. The van der Waals surface area contributed by atoms with Crippen molar-refractivity contribution in [3.05, 3.63) is 77.9 Å². The van der Waals surface area contributed by atoms with Crippen LogP contribution in [0, 0.1) is 35.5 Å². The van der Waals surface area contributed by atoms with Gasteiger partial charge in [-0.2, -0.15) is 0 Å². The van der Waals surface area contributed by atoms with Gasteiger partial charge in [0, 0.05) is 73.6 Å². The standard InChI is InChI=1S/C67H98N6O17/c1-14-43(6)60(54(85-12)38-57(77)72-34-24-31-52(72)62(86-13)44(7)63(80)68-45(8)61(79)47-26-19-18-20-27-47)70(10)64(81)51(41(2)3)37-53(74)59(42(4)5)71(11)67(84)87-40-46-25-23-30-50(35-46)88-58(78)36-48(65(82)90-73-55(75)32-33-56(73)76)39-69(9)66(83)89-49-28-21-16-15-17-22-29-49/h18-21,23,25-28,30,35,41-45,48-49,51-52,54,59-62,79H,14-17,22,24,29,31-34,36-40H2,1-13H3,(H,68,80)/b28-21+/t43-,44+,45+,48?,49?,51-,52-,54+,59-,60-,61+,62+/m0/s1. The summed E-state index contributed by atoms with van der Waals surface area (Å²) in [7, 11) is 7.52. The maximum atomic E-state index is 14.9. The number of rotatable bonds is 31. The SMILES string of the molecule is CC[C@H](C)[C@@H]([C@@H](CC(=O)N1CCC[C@H]1[C@H](OC)[C@@H](C)C(=O)N[C@H](C)[C@@H](O)c1ccccc1)OC)N(C)C(=O)[C@@H](CC(=O)[C@H](C(C)C)N(C)C(=O)OCc1cccc(OC(=O)CC(CN(C)C(=O)OC2/C=C/CCCCC2)C(=O)ON2C(=O)CCC2=O)c1)C(C)C. The number of imide groups is 1. The van der Waals surface area contributed by atoms with Gasteiger partial charge in [-0.05, 0) is 92.5 Å². The van der Waals surface area contributed by atoms with Crippen molar-refractivity contribution >= 4 is 59.4 Å². The first-order valence-electron chi connectivity index (χ1n) is 31.8. The predicted molar refractivity (Wildman–Crippen MR) is 332 cm³/mol. The summed E-state index contributed by atoms with van der Waals surface area (Å²) in [5, 5.41) is 14.3. The third-order valence-corrected chi connectivity index (χ3v) is 17.6. The molecular formula is C67H98N6O17. The fraction of sp³-hybridized carbons (Fsp3) is 0.642. The van der Waals surface area contributed by atoms with Gasteiger partial charge in [-0.25, -0.2) is 14.4 Å². The summed E-state index contributed by atoms with van der Waals surface area (Å²) < 4.78 is 29.1. The molecule has 1 aliphatic carbocycles. The number of allylic oxidation sites excluding steroid dienone is 1. The van der Waals surface area contributed by atoms with Crippen LogP contribution in [0.5, 0.6) is 5.75 Å². The lowest BCUT2D eigenvalue weighted by molar-refractivity contribution is -0.201. The van der Waals surface area contributed by atoms with Crippen LogP contribution in [0.3, 0.4) is 0 Å². The van der Waals surface area contributed by atoms with Gasteiger partial charge in [-0.1, -0.05) is 110 Å². The number of carbonyl (C=O) groups is 10. The van der Waals surface area contributed by atoms with E-state index in [0.29, 0.717) is 48.4 Å². The molecule has 0 bridgehead atoms. The smallest absolute Gasteiger partial charge is 0.410 e. The summed E-state index contributed by atoms with van der Waals surface area (Å²) in [5.41, 5.74) is 1.06. The second-order valence-corrected chi connectivity index (χ2v) is 25.0. The van der Waals surface area contributed by atoms with Crippen LogP contribution in [0.2, 0.25) is 0 Å². The fourth-order valence-corrected chi connectivity index (χ4v) is 12.3. The molecule has 0 aromatic heterocycles. The number of carbonyl (C=O) groups excluding carboxylic acids is 10. The molecule has 90 heavy (non-hydrogen) atoms. The zero-order chi connectivity index (χ0) is 66.5. The van der Waals surface area contributed by atoms with E-state index in [1.807, 2.05) is 58.0 Å². The quantitative estimate of drug-likeness (QED) is 0.0312. The van der Waals surface area contributed by atoms with Gasteiger partial charge in [0.15, 0.2) is 5.78 Å². The largest absolute Gasteiger partial charge is 0.445 e. The van der Waals surface area contributed by atoms with Crippen molar-refractivity contribution < 1.29 is 81.6 Å². The van der Waals surface area contributed by atoms with E-state index in [4.69, 9.17) is 28.5 Å². The molecule has 2 saturated heterocycles. The van der Waals surface area contributed by atoms with E-state index in [1.54, 1.807) is 68.8 Å². The molecule has 2 unspecified atom stereocenters. The lowest BCUT2D eigenvalue weighted by atomic mass is 9.83. The molecule has 7 amide bonds. The number of hydrogen-bond donors (Lipinski definition) is 2. The van der Waals surface area contributed by atoms with Crippen molar-refractivity contribution in [2.24, 2.45) is 35.5 Å². The van der Waals surface area contributed by atoms with Crippen molar-refractivity contribution in [3.63, 3.8) is 0 Å². The lowest BCUT2D eigenvalue weighted by Gasteiger charge is -2.41. The van der Waals surface area contributed by atoms with Crippen molar-refractivity contribution in [1.29, 1.82) is 0 Å². The Labute approximate surface area is 530 Å². The number of Topliss-reactive ketones (excluding diaryl/α,β-unsaturated/α-hetero) is 1. The summed E-state index contributed by atoms with van der Waals surface area (Å²) in [5.74, 6) is -8.53. The molecule has 2 heterocycles. The monoisotopic (exact) mass is 1260 g/mol. The van der Waals surface area contributed by atoms with Crippen LogP contribution in [0.4, 0.5) is 9.59 Å². The zero-order valence-corrected chi connectivity index (χ0v) is 55.0. The summed E-state index contributed by atoms with van der Waals surface area (Å²) in [6.07, 6.45) is 4.34. The minimum absolute atomic E-state index is 0.0166. The Morgan fingerprint density at radius 2 is 1.46 bits per heavy atom. The highest BCUT2D eigenvalue weighted by Gasteiger charge is 2.44. The molecule has 12 atom stereocenters. The molecule has 2 N–H and O–H groups in total. The average molecular weight is 1260 g/mol. The Bertz CT molecular complexity index is 2780. The third-order valence-electron chi connectivity index (χ3n) is 17.6. The number of likely N-dealkylation sites (N-methyl/N-ethyl adjacent to an activating group) is 2. The maximum absolute atomic E-state index is 14.9. The second kappa shape index (κ2) is 35.4. The number of hydroxylamine groups is 2. The Morgan fingerprint density at radius 3 is 2.09 bits per heavy atom. The molecule has 2 aliphatic heterocycles. The van der Waals surface area contributed by atoms with E-state index in [-0.39, 0.29) is 73.4 Å². The normalized spacial score (nSPS) is 19.8. The van der Waals surface area contributed by atoms with Crippen molar-refractivity contribution in [1.82, 2.24) is 30.0 Å². The van der Waals surface area contributed by atoms with Gasteiger partial charge in [0.2, 0.25) is 17.7 Å². The number of nitrogens with zero attached hydrogens (tertiary/aromatic N) is 5. The summed E-state index contributed by atoms with van der Waals surface area (Å²) in [6.45, 7) is 14.4. The van der Waals surface area contributed by atoms with Crippen LogP contribution in [-0.4, -0.2) is 180 Å². The molecule has 5 rings (SSSR count). The van der Waals surface area contributed by atoms with Gasteiger partial charge in [-0.15, -0.1) is 5.06 Å². The van der Waals surface area contributed by atoms with E-state index in [1.165, 1.54) is 45.3 Å². The number of nitrogens with one attached hydrogen (secondary N) is 1. The number of likely N-dealkylation sites (tertiary alicyclic amines) is 1. The van der Waals surface area contributed by atoms with Gasteiger partial charge in [0.05, 0.1) is 67.2 Å². The number of aliphatic hydroxyl groups is 1. The van der Waals surface area contributed by atoms with Crippen LogP contribution >= 0.6 is 0 Å². The topological polar surface area (TPSA) is 275 Å². The molecule has 0 spiro atoms. The number of benzene rings is 2. The molecule has 3 aliphatic rings. The number of ketones is 1. The van der Waals surface area contributed by atoms with Gasteiger partial charge in [0.25, 0.3) is 11.8 Å². The average Bonchev–Trinajstić information content (AvgIpc) is 1.63. The third kappa shape index (κ3) is 20.4. The highest BCUT2D eigenvalue weighted by atomic mass is 16.7. The lowest BCUT2D eigenvalue weighted by Crippen LogP contribution is -2.55. The Hall–Kier alpha value is -7.24. The summed E-state index contributed by atoms with van der Waals surface area (Å²) in [4.78, 5) is 147. The fourth-order valence-electron chi connectivity index (χ4n) is 12.3. The van der Waals surface area contributed by atoms with Gasteiger partial charge >= 0.3 is 24.1 Å². The second-order valence-electron chi connectivity index (χ2n) is 25.0. The summed E-state index contributed by atoms with van der Waals surface area (Å²) in [6, 6.07) is 12.5. The van der Waals surface area contributed by atoms with Crippen molar-refractivity contribution in [2.45, 2.75) is 194 Å². The number of aliphatic hydroxyl groups excluding tert-OH is 1. The zero-order valence-electron chi connectivity index (χ0n) is 55.0. The van der Waals surface area contributed by atoms with E-state index < -0.39 is 121 Å². The van der Waals surface area contributed by atoms with Crippen LogP contribution in [-0.2, 0) is 68.7 Å². The van der Waals surface area contributed by atoms with Crippen LogP contribution in [0.1, 0.15) is 156 Å². The maximum Gasteiger partial charge on any atom is 0.410 e. The Morgan fingerprint density at radius 1 is 0.767 bits per heavy atom. The van der Waals surface area contributed by atoms with E-state index in [9.17, 15) is 53.1 Å². The van der Waals surface area contributed by atoms with Crippen molar-refractivity contribution in [2.75, 3.05) is 48.5 Å². The predicted octanol–water partition coefficient (Wildman–Crippen LogP) is 8.15. The molecular weight excluding hydrogens is 1160 g/mol. The molecule has 2 fully saturated rings. The van der Waals surface area contributed by atoms with Crippen LogP contribution < -0.4 is 10.1 Å². The Balaban J connectivity index is 1.21. The molecule has 2 aromatic carbocycles. The van der Waals surface area contributed by atoms with E-state index in [0.717, 1.165) is 30.6 Å². The van der Waals surface area contributed by atoms with Gasteiger partial charge in [0.1, 0.15) is 18.5 Å². The number of hydrogen-bond acceptors (Lipinski definition) is 17. The van der Waals surface area contributed by atoms with Gasteiger partial charge < -0.3 is 58.5 Å². The molecule has 2 aromatic rings. The van der Waals surface area contributed by atoms with Crippen LogP contribution in [0.15, 0.2) is 66.7 Å². The highest BCUT2D eigenvalue weighted by Crippen LogP contribution is 2.32. The van der Waals surface area contributed by atoms with Crippen LogP contribution in [0.25, 0.3) is 0 Å². The molecule has 23 nitrogen and oxygen atoms in total. The molecule has 0 saturated carbocycles. The van der Waals surface area contributed by atoms with E-state index >= 15 is 0 Å². The number of esters is 1. The molecule has 23 heteroatoms. The minimum atomic E-state index is -1.40. The van der Waals surface area contributed by atoms with E-state index in [2.05, 4.69) is 5.32 Å². The molecule has 0 radical (unpaired) electrons. The Kier molecular flexibility index (Phi) is 28.9. The summed E-state index contributed by atoms with van der Waals surface area (Å²) >= 11 is 0. The molecule has 498 valence electrons. The minimum Gasteiger partial charge on any atom is -0.445 e. The number of amides is 7. The number of methoxy groups -OCH3 is 2. The number of ether oxygens (including phenoxy) is 5. The first-order chi connectivity index (χ1) is 42.7. The first-order valence-corrected chi connectivity index (χ1v) is 31.8. The van der Waals surface area contributed by atoms with Gasteiger partial charge in [-0.3, -0.25) is 33.6 Å². The highest BCUT2D eigenvalue weighted by molar-refractivity contribution is 6.02.